The number of carbonyl (C=O) groups excluding carboxylic acids is 1. The molecule has 148 valence electrons. The molecule has 0 aliphatic carbocycles. The fourth-order valence-electron chi connectivity index (χ4n) is 2.54. The number of rotatable bonds is 8. The van der Waals surface area contributed by atoms with Gasteiger partial charge in [0.25, 0.3) is 5.91 Å². The lowest BCUT2D eigenvalue weighted by Crippen LogP contribution is -2.17. The highest BCUT2D eigenvalue weighted by Gasteiger charge is 2.05. The molecule has 0 aromatic heterocycles. The average Bonchev–Trinajstić information content (AvgIpc) is 2.78. The number of hydrogen-bond donors (Lipinski definition) is 1. The van der Waals surface area contributed by atoms with E-state index in [1.54, 1.807) is 44.7 Å². The first-order valence-corrected chi connectivity index (χ1v) is 9.01. The summed E-state index contributed by atoms with van der Waals surface area (Å²) >= 11 is 0. The second-order valence-corrected chi connectivity index (χ2v) is 6.14. The van der Waals surface area contributed by atoms with Gasteiger partial charge in [0.15, 0.2) is 0 Å². The van der Waals surface area contributed by atoms with E-state index in [1.807, 2.05) is 48.5 Å². The second kappa shape index (κ2) is 9.94. The van der Waals surface area contributed by atoms with Crippen molar-refractivity contribution in [3.63, 3.8) is 0 Å². The predicted octanol–water partition coefficient (Wildman–Crippen LogP) is 4.05. The maximum atomic E-state index is 12.2. The highest BCUT2D eigenvalue weighted by Crippen LogP contribution is 2.16. The summed E-state index contributed by atoms with van der Waals surface area (Å²) in [6.45, 7) is 0.431. The molecule has 0 aliphatic heterocycles. The van der Waals surface area contributed by atoms with Crippen LogP contribution in [0, 0.1) is 0 Å². The Morgan fingerprint density at radius 1 is 0.897 bits per heavy atom. The molecule has 3 aromatic carbocycles. The van der Waals surface area contributed by atoms with E-state index in [-0.39, 0.29) is 5.91 Å². The van der Waals surface area contributed by atoms with Gasteiger partial charge in [0.2, 0.25) is 0 Å². The quantitative estimate of drug-likeness (QED) is 0.465. The van der Waals surface area contributed by atoms with E-state index in [4.69, 9.17) is 14.2 Å². The molecule has 1 amide bonds. The molecule has 0 unspecified atom stereocenters. The maximum absolute atomic E-state index is 12.2. The smallest absolute Gasteiger partial charge is 0.271 e. The topological polar surface area (TPSA) is 69.2 Å². The van der Waals surface area contributed by atoms with Crippen molar-refractivity contribution >= 4 is 12.1 Å². The van der Waals surface area contributed by atoms with Crippen LogP contribution in [0.15, 0.2) is 77.9 Å². The first-order valence-electron chi connectivity index (χ1n) is 9.01. The predicted molar refractivity (Wildman–Crippen MR) is 112 cm³/mol. The molecule has 0 aliphatic rings. The Morgan fingerprint density at radius 3 is 2.28 bits per heavy atom. The van der Waals surface area contributed by atoms with E-state index < -0.39 is 0 Å². The van der Waals surface area contributed by atoms with E-state index in [1.165, 1.54) is 0 Å². The molecule has 6 nitrogen and oxygen atoms in total. The van der Waals surface area contributed by atoms with Crippen LogP contribution < -0.4 is 19.6 Å². The van der Waals surface area contributed by atoms with Gasteiger partial charge in [0.1, 0.15) is 23.9 Å². The third-order valence-corrected chi connectivity index (χ3v) is 4.15. The zero-order chi connectivity index (χ0) is 20.5. The number of benzene rings is 3. The van der Waals surface area contributed by atoms with Crippen LogP contribution in [0.2, 0.25) is 0 Å². The van der Waals surface area contributed by atoms with E-state index in [2.05, 4.69) is 10.5 Å². The highest BCUT2D eigenvalue weighted by molar-refractivity contribution is 5.95. The molecule has 6 heteroatoms. The van der Waals surface area contributed by atoms with Gasteiger partial charge < -0.3 is 14.2 Å². The number of carbonyl (C=O) groups is 1. The molecule has 29 heavy (non-hydrogen) atoms. The zero-order valence-corrected chi connectivity index (χ0v) is 16.3. The van der Waals surface area contributed by atoms with Crippen LogP contribution in [0.25, 0.3) is 0 Å². The van der Waals surface area contributed by atoms with Crippen LogP contribution in [-0.4, -0.2) is 26.3 Å². The number of hydrogen-bond acceptors (Lipinski definition) is 5. The Morgan fingerprint density at radius 2 is 1.59 bits per heavy atom. The third kappa shape index (κ3) is 5.84. The van der Waals surface area contributed by atoms with Gasteiger partial charge in [-0.2, -0.15) is 5.10 Å². The second-order valence-electron chi connectivity index (χ2n) is 6.14. The summed E-state index contributed by atoms with van der Waals surface area (Å²) in [5, 5.41) is 3.98. The maximum Gasteiger partial charge on any atom is 0.271 e. The average molecular weight is 390 g/mol. The van der Waals surface area contributed by atoms with Gasteiger partial charge in [0, 0.05) is 5.56 Å². The number of methoxy groups -OCH3 is 2. The van der Waals surface area contributed by atoms with Gasteiger partial charge in [-0.1, -0.05) is 24.3 Å². The summed E-state index contributed by atoms with van der Waals surface area (Å²) in [5.41, 5.74) is 4.85. The fourth-order valence-corrected chi connectivity index (χ4v) is 2.54. The number of ether oxygens (including phenoxy) is 3. The summed E-state index contributed by atoms with van der Waals surface area (Å²) in [7, 11) is 3.23. The number of nitrogens with one attached hydrogen (secondary N) is 1. The molecule has 0 atom stereocenters. The highest BCUT2D eigenvalue weighted by atomic mass is 16.5. The summed E-state index contributed by atoms with van der Waals surface area (Å²) in [6.07, 6.45) is 1.56. The van der Waals surface area contributed by atoms with Gasteiger partial charge in [-0.15, -0.1) is 0 Å². The largest absolute Gasteiger partial charge is 0.497 e. The van der Waals surface area contributed by atoms with Crippen LogP contribution in [0.3, 0.4) is 0 Å². The minimum Gasteiger partial charge on any atom is -0.497 e. The molecule has 3 aromatic rings. The molecule has 0 radical (unpaired) electrons. The van der Waals surface area contributed by atoms with E-state index in [0.29, 0.717) is 17.9 Å². The number of hydrazone groups is 1. The fraction of sp³-hybridized carbons (Fsp3) is 0.130. The van der Waals surface area contributed by atoms with Crippen molar-refractivity contribution in [3.05, 3.63) is 89.5 Å². The van der Waals surface area contributed by atoms with E-state index in [0.717, 1.165) is 22.6 Å². The first kappa shape index (κ1) is 19.9. The van der Waals surface area contributed by atoms with Crippen LogP contribution >= 0.6 is 0 Å². The van der Waals surface area contributed by atoms with Crippen LogP contribution in [0.5, 0.6) is 17.2 Å². The minimum absolute atomic E-state index is 0.300. The van der Waals surface area contributed by atoms with E-state index >= 15 is 0 Å². The third-order valence-electron chi connectivity index (χ3n) is 4.15. The summed E-state index contributed by atoms with van der Waals surface area (Å²) < 4.78 is 16.0. The monoisotopic (exact) mass is 390 g/mol. The first-order chi connectivity index (χ1) is 14.2. The Bertz CT molecular complexity index is 967. The molecular formula is C23H22N2O4. The summed E-state index contributed by atoms with van der Waals surface area (Å²) in [6, 6.07) is 21.9. The molecule has 3 rings (SSSR count). The van der Waals surface area contributed by atoms with Crippen molar-refractivity contribution < 1.29 is 19.0 Å². The van der Waals surface area contributed by atoms with Crippen LogP contribution in [0.4, 0.5) is 0 Å². The lowest BCUT2D eigenvalue weighted by molar-refractivity contribution is 0.0955. The summed E-state index contributed by atoms with van der Waals surface area (Å²) in [5.74, 6) is 1.91. The number of amides is 1. The lowest BCUT2D eigenvalue weighted by atomic mass is 10.2. The molecular weight excluding hydrogens is 368 g/mol. The Hall–Kier alpha value is -3.80. The molecule has 0 saturated heterocycles. The van der Waals surface area contributed by atoms with Gasteiger partial charge in [-0.25, -0.2) is 5.43 Å². The molecule has 0 heterocycles. The Balaban J connectivity index is 1.51. The standard InChI is InChI=1S/C23H22N2O4/c1-27-20-10-6-17(7-11-20)16-29-21-12-8-19(9-13-21)23(26)25-24-15-18-4-3-5-22(14-18)28-2/h3-15H,16H2,1-2H3,(H,25,26). The van der Waals surface area contributed by atoms with Crippen molar-refractivity contribution in [2.24, 2.45) is 5.10 Å². The van der Waals surface area contributed by atoms with Gasteiger partial charge in [-0.05, 0) is 59.7 Å². The van der Waals surface area contributed by atoms with Crippen molar-refractivity contribution in [2.75, 3.05) is 14.2 Å². The van der Waals surface area contributed by atoms with Crippen molar-refractivity contribution in [3.8, 4) is 17.2 Å². The Labute approximate surface area is 169 Å². The molecule has 0 bridgehead atoms. The van der Waals surface area contributed by atoms with Crippen molar-refractivity contribution in [1.29, 1.82) is 0 Å². The Kier molecular flexibility index (Phi) is 6.84. The van der Waals surface area contributed by atoms with Crippen molar-refractivity contribution in [2.45, 2.75) is 6.61 Å². The molecule has 0 spiro atoms. The minimum atomic E-state index is -0.300. The lowest BCUT2D eigenvalue weighted by Gasteiger charge is -2.08. The molecule has 0 fully saturated rings. The zero-order valence-electron chi connectivity index (χ0n) is 16.3. The SMILES string of the molecule is COc1ccc(COc2ccc(C(=O)NN=Cc3cccc(OC)c3)cc2)cc1. The van der Waals surface area contributed by atoms with Gasteiger partial charge in [-0.3, -0.25) is 4.79 Å². The van der Waals surface area contributed by atoms with Crippen molar-refractivity contribution in [1.82, 2.24) is 5.43 Å². The van der Waals surface area contributed by atoms with Gasteiger partial charge >= 0.3 is 0 Å². The van der Waals surface area contributed by atoms with Gasteiger partial charge in [0.05, 0.1) is 20.4 Å². The molecule has 1 N–H and O–H groups in total. The summed E-state index contributed by atoms with van der Waals surface area (Å²) in [4.78, 5) is 12.2. The van der Waals surface area contributed by atoms with E-state index in [9.17, 15) is 4.79 Å². The van der Waals surface area contributed by atoms with Crippen LogP contribution in [0.1, 0.15) is 21.5 Å². The number of nitrogens with zero attached hydrogens (tertiary/aromatic N) is 1. The molecule has 0 saturated carbocycles. The van der Waals surface area contributed by atoms with Crippen LogP contribution in [-0.2, 0) is 6.61 Å². The normalized spacial score (nSPS) is 10.6.